The quantitative estimate of drug-likeness (QED) is 0.574. The molecule has 0 saturated heterocycles. The van der Waals surface area contributed by atoms with Gasteiger partial charge in [0.1, 0.15) is 0 Å². The van der Waals surface area contributed by atoms with E-state index < -0.39 is 5.97 Å². The number of hydrogen-bond donors (Lipinski definition) is 1. The summed E-state index contributed by atoms with van der Waals surface area (Å²) in [5.74, 6) is -0.913. The van der Waals surface area contributed by atoms with Crippen LogP contribution in [-0.4, -0.2) is 16.1 Å². The topological polar surface area (TPSA) is 50.2 Å². The molecule has 0 atom stereocenters. The summed E-state index contributed by atoms with van der Waals surface area (Å²) in [6.45, 7) is 0. The van der Waals surface area contributed by atoms with Gasteiger partial charge >= 0.3 is 5.97 Å². The van der Waals surface area contributed by atoms with Crippen molar-refractivity contribution in [3.63, 3.8) is 0 Å². The smallest absolute Gasteiger partial charge is 0.336 e. The van der Waals surface area contributed by atoms with E-state index in [1.54, 1.807) is 0 Å². The molecule has 3 nitrogen and oxygen atoms in total. The van der Waals surface area contributed by atoms with Gasteiger partial charge in [0, 0.05) is 22.4 Å². The average molecular weight is 296 g/mol. The van der Waals surface area contributed by atoms with Gasteiger partial charge in [-0.1, -0.05) is 35.9 Å². The fourth-order valence-corrected chi connectivity index (χ4v) is 3.22. The van der Waals surface area contributed by atoms with E-state index in [4.69, 9.17) is 11.6 Å². The first kappa shape index (κ1) is 12.4. The van der Waals surface area contributed by atoms with Gasteiger partial charge in [0.2, 0.25) is 0 Å². The molecule has 21 heavy (non-hydrogen) atoms. The summed E-state index contributed by atoms with van der Waals surface area (Å²) in [7, 11) is 0. The molecule has 0 amide bonds. The molecular formula is C17H10ClNO2. The lowest BCUT2D eigenvalue weighted by Gasteiger charge is -2.08. The number of aromatic nitrogens is 1. The number of halogens is 1. The molecule has 4 rings (SSSR count). The molecule has 0 saturated carbocycles. The minimum Gasteiger partial charge on any atom is -0.478 e. The maximum absolute atomic E-state index is 11.7. The van der Waals surface area contributed by atoms with E-state index in [9.17, 15) is 9.90 Å². The van der Waals surface area contributed by atoms with Crippen LogP contribution in [0.15, 0.2) is 42.5 Å². The largest absolute Gasteiger partial charge is 0.478 e. The molecule has 0 spiro atoms. The number of pyridine rings is 1. The number of benzene rings is 2. The summed E-state index contributed by atoms with van der Waals surface area (Å²) in [4.78, 5) is 16.4. The maximum Gasteiger partial charge on any atom is 0.336 e. The zero-order valence-electron chi connectivity index (χ0n) is 10.9. The Bertz CT molecular complexity index is 918. The van der Waals surface area contributed by atoms with E-state index in [0.29, 0.717) is 27.9 Å². The highest BCUT2D eigenvalue weighted by molar-refractivity contribution is 6.30. The number of nitrogens with zero attached hydrogens (tertiary/aromatic N) is 1. The monoisotopic (exact) mass is 295 g/mol. The molecule has 1 heterocycles. The Morgan fingerprint density at radius 2 is 2.00 bits per heavy atom. The van der Waals surface area contributed by atoms with Crippen LogP contribution in [-0.2, 0) is 6.42 Å². The summed E-state index contributed by atoms with van der Waals surface area (Å²) in [6.07, 6.45) is 0.560. The normalized spacial score (nSPS) is 12.2. The van der Waals surface area contributed by atoms with Crippen LogP contribution in [0, 0.1) is 0 Å². The van der Waals surface area contributed by atoms with E-state index in [-0.39, 0.29) is 0 Å². The second kappa shape index (κ2) is 4.30. The number of carboxylic acids is 1. The predicted molar refractivity (Wildman–Crippen MR) is 82.0 cm³/mol. The summed E-state index contributed by atoms with van der Waals surface area (Å²) in [5.41, 5.74) is 4.60. The number of carboxylic acid groups (broad SMARTS) is 1. The van der Waals surface area contributed by atoms with E-state index in [1.165, 1.54) is 0 Å². The molecule has 0 aliphatic heterocycles. The second-order valence-corrected chi connectivity index (χ2v) is 5.55. The van der Waals surface area contributed by atoms with Crippen molar-refractivity contribution in [3.8, 4) is 11.3 Å². The number of hydrogen-bond acceptors (Lipinski definition) is 2. The minimum absolute atomic E-state index is 0.350. The third kappa shape index (κ3) is 1.74. The fraction of sp³-hybridized carbons (Fsp3) is 0.0588. The zero-order chi connectivity index (χ0) is 14.6. The standard InChI is InChI=1S/C17H10ClNO2/c18-10-5-6-11-9(7-10)8-13-15(17(20)21)12-3-1-2-4-14(12)19-16(11)13/h1-7H,8H2,(H,20,21). The maximum atomic E-state index is 11.7. The van der Waals surface area contributed by atoms with Crippen LogP contribution in [0.4, 0.5) is 0 Å². The minimum atomic E-state index is -0.913. The van der Waals surface area contributed by atoms with E-state index in [0.717, 1.165) is 22.4 Å². The highest BCUT2D eigenvalue weighted by Gasteiger charge is 2.27. The SMILES string of the molecule is O=C(O)c1c2c(nc3ccccc13)-c1ccc(Cl)cc1C2. The van der Waals surface area contributed by atoms with Crippen molar-refractivity contribution in [1.29, 1.82) is 0 Å². The molecule has 102 valence electrons. The zero-order valence-corrected chi connectivity index (χ0v) is 11.7. The van der Waals surface area contributed by atoms with Crippen LogP contribution in [0.1, 0.15) is 21.5 Å². The van der Waals surface area contributed by atoms with Gasteiger partial charge in [-0.25, -0.2) is 9.78 Å². The Balaban J connectivity index is 2.12. The van der Waals surface area contributed by atoms with Crippen LogP contribution in [0.2, 0.25) is 5.02 Å². The Labute approximate surface area is 125 Å². The Kier molecular flexibility index (Phi) is 2.53. The number of para-hydroxylation sites is 1. The number of rotatable bonds is 1. The number of carbonyl (C=O) groups is 1. The molecule has 1 aliphatic rings. The molecule has 0 bridgehead atoms. The molecular weight excluding hydrogens is 286 g/mol. The van der Waals surface area contributed by atoms with E-state index >= 15 is 0 Å². The van der Waals surface area contributed by atoms with Gasteiger partial charge in [-0.3, -0.25) is 0 Å². The summed E-state index contributed by atoms with van der Waals surface area (Å²) >= 11 is 6.04. The van der Waals surface area contributed by atoms with Crippen molar-refractivity contribution < 1.29 is 9.90 Å². The van der Waals surface area contributed by atoms with E-state index in [2.05, 4.69) is 4.98 Å². The number of fused-ring (bicyclic) bond motifs is 4. The van der Waals surface area contributed by atoms with Crippen molar-refractivity contribution >= 4 is 28.5 Å². The van der Waals surface area contributed by atoms with Crippen LogP contribution in [0.25, 0.3) is 22.2 Å². The van der Waals surface area contributed by atoms with Crippen molar-refractivity contribution in [2.24, 2.45) is 0 Å². The molecule has 0 unspecified atom stereocenters. The Morgan fingerprint density at radius 1 is 1.19 bits per heavy atom. The molecule has 3 aromatic rings. The Hall–Kier alpha value is -2.39. The number of aromatic carboxylic acids is 1. The van der Waals surface area contributed by atoms with Crippen molar-refractivity contribution in [2.45, 2.75) is 6.42 Å². The highest BCUT2D eigenvalue weighted by atomic mass is 35.5. The fourth-order valence-electron chi connectivity index (χ4n) is 3.02. The van der Waals surface area contributed by atoms with Crippen molar-refractivity contribution in [2.75, 3.05) is 0 Å². The molecule has 1 aliphatic carbocycles. The lowest BCUT2D eigenvalue weighted by atomic mass is 10.0. The van der Waals surface area contributed by atoms with Crippen LogP contribution in [0.3, 0.4) is 0 Å². The van der Waals surface area contributed by atoms with Gasteiger partial charge in [-0.2, -0.15) is 0 Å². The lowest BCUT2D eigenvalue weighted by molar-refractivity contribution is 0.0698. The third-order valence-electron chi connectivity index (χ3n) is 3.90. The molecule has 1 aromatic heterocycles. The van der Waals surface area contributed by atoms with Crippen LogP contribution in [0.5, 0.6) is 0 Å². The van der Waals surface area contributed by atoms with Gasteiger partial charge < -0.3 is 5.11 Å². The first-order valence-corrected chi connectivity index (χ1v) is 6.96. The predicted octanol–water partition coefficient (Wildman–Crippen LogP) is 4.16. The van der Waals surface area contributed by atoms with Gasteiger partial charge in [0.05, 0.1) is 16.8 Å². The highest BCUT2D eigenvalue weighted by Crippen LogP contribution is 2.40. The molecule has 2 aromatic carbocycles. The average Bonchev–Trinajstić information content (AvgIpc) is 2.80. The summed E-state index contributed by atoms with van der Waals surface area (Å²) in [6, 6.07) is 13.0. The van der Waals surface area contributed by atoms with Gasteiger partial charge in [0.25, 0.3) is 0 Å². The molecule has 1 N–H and O–H groups in total. The first-order chi connectivity index (χ1) is 10.1. The molecule has 0 fully saturated rings. The van der Waals surface area contributed by atoms with Gasteiger partial charge in [0.15, 0.2) is 0 Å². The Morgan fingerprint density at radius 3 is 2.81 bits per heavy atom. The van der Waals surface area contributed by atoms with Gasteiger partial charge in [-0.05, 0) is 29.3 Å². The third-order valence-corrected chi connectivity index (χ3v) is 4.13. The van der Waals surface area contributed by atoms with Crippen LogP contribution >= 0.6 is 11.6 Å². The summed E-state index contributed by atoms with van der Waals surface area (Å²) < 4.78 is 0. The molecule has 0 radical (unpaired) electrons. The summed E-state index contributed by atoms with van der Waals surface area (Å²) in [5, 5.41) is 11.0. The molecule has 4 heteroatoms. The van der Waals surface area contributed by atoms with Crippen molar-refractivity contribution in [3.05, 3.63) is 64.2 Å². The van der Waals surface area contributed by atoms with Crippen LogP contribution < -0.4 is 0 Å². The lowest BCUT2D eigenvalue weighted by Crippen LogP contribution is -2.04. The van der Waals surface area contributed by atoms with E-state index in [1.807, 2.05) is 42.5 Å². The van der Waals surface area contributed by atoms with Crippen molar-refractivity contribution in [1.82, 2.24) is 4.98 Å². The first-order valence-electron chi connectivity index (χ1n) is 6.59. The van der Waals surface area contributed by atoms with Gasteiger partial charge in [-0.15, -0.1) is 0 Å². The second-order valence-electron chi connectivity index (χ2n) is 5.11.